The summed E-state index contributed by atoms with van der Waals surface area (Å²) >= 11 is 1.42. The molecule has 1 N–H and O–H groups in total. The fourth-order valence-electron chi connectivity index (χ4n) is 1.62. The molecular formula is C14H14N2O2S. The number of nitrogens with zero attached hydrogens (tertiary/aromatic N) is 2. The van der Waals surface area contributed by atoms with E-state index in [1.807, 2.05) is 31.2 Å². The molecule has 0 spiro atoms. The Balaban J connectivity index is 2.22. The highest BCUT2D eigenvalue weighted by Gasteiger charge is 2.13. The van der Waals surface area contributed by atoms with Gasteiger partial charge in [0.15, 0.2) is 0 Å². The standard InChI is InChI=1S/C14H14N2O2S/c1-9-5-3-4-6-11(9)8-19-13-12(14(17)18)7-15-10(2)16-13/h3-7H,8H2,1-2H3,(H,17,18). The molecule has 0 amide bonds. The third-order valence-corrected chi connectivity index (χ3v) is 3.77. The Labute approximate surface area is 115 Å². The second-order valence-corrected chi connectivity index (χ2v) is 5.12. The van der Waals surface area contributed by atoms with Crippen LogP contribution < -0.4 is 0 Å². The Morgan fingerprint density at radius 3 is 2.74 bits per heavy atom. The van der Waals surface area contributed by atoms with Gasteiger partial charge in [-0.05, 0) is 25.0 Å². The van der Waals surface area contributed by atoms with Gasteiger partial charge >= 0.3 is 5.97 Å². The molecule has 0 unspecified atom stereocenters. The summed E-state index contributed by atoms with van der Waals surface area (Å²) in [7, 11) is 0. The van der Waals surface area contributed by atoms with E-state index in [1.54, 1.807) is 6.92 Å². The van der Waals surface area contributed by atoms with E-state index in [0.29, 0.717) is 16.6 Å². The zero-order chi connectivity index (χ0) is 13.8. The van der Waals surface area contributed by atoms with Crippen molar-refractivity contribution < 1.29 is 9.90 Å². The van der Waals surface area contributed by atoms with Crippen LogP contribution in [0.2, 0.25) is 0 Å². The third-order valence-electron chi connectivity index (χ3n) is 2.73. The number of carbonyl (C=O) groups is 1. The lowest BCUT2D eigenvalue weighted by molar-refractivity contribution is 0.0691. The maximum Gasteiger partial charge on any atom is 0.340 e. The average molecular weight is 274 g/mol. The normalized spacial score (nSPS) is 10.4. The number of aromatic carboxylic acids is 1. The molecule has 0 aliphatic carbocycles. The summed E-state index contributed by atoms with van der Waals surface area (Å²) < 4.78 is 0. The molecule has 1 aromatic carbocycles. The summed E-state index contributed by atoms with van der Waals surface area (Å²) in [5, 5.41) is 9.63. The van der Waals surface area contributed by atoms with E-state index in [1.165, 1.54) is 29.1 Å². The number of carboxylic acids is 1. The van der Waals surface area contributed by atoms with Gasteiger partial charge in [-0.1, -0.05) is 24.3 Å². The van der Waals surface area contributed by atoms with Crippen molar-refractivity contribution >= 4 is 17.7 Å². The van der Waals surface area contributed by atoms with E-state index in [9.17, 15) is 4.79 Å². The molecule has 0 atom stereocenters. The number of benzene rings is 1. The van der Waals surface area contributed by atoms with Gasteiger partial charge in [-0.2, -0.15) is 0 Å². The van der Waals surface area contributed by atoms with Gasteiger partial charge in [0.2, 0.25) is 0 Å². The third kappa shape index (κ3) is 3.32. The molecule has 0 aliphatic heterocycles. The van der Waals surface area contributed by atoms with Crippen LogP contribution >= 0.6 is 11.8 Å². The number of aryl methyl sites for hydroxylation is 2. The van der Waals surface area contributed by atoms with Gasteiger partial charge in [-0.3, -0.25) is 0 Å². The van der Waals surface area contributed by atoms with Crippen molar-refractivity contribution in [3.05, 3.63) is 53.0 Å². The van der Waals surface area contributed by atoms with E-state index in [4.69, 9.17) is 5.11 Å². The Bertz CT molecular complexity index is 614. The summed E-state index contributed by atoms with van der Waals surface area (Å²) in [6.07, 6.45) is 1.37. The van der Waals surface area contributed by atoms with Gasteiger partial charge in [0.05, 0.1) is 0 Å². The molecule has 0 saturated heterocycles. The second-order valence-electron chi connectivity index (χ2n) is 4.16. The van der Waals surface area contributed by atoms with E-state index < -0.39 is 5.97 Å². The quantitative estimate of drug-likeness (QED) is 0.685. The number of aromatic nitrogens is 2. The maximum atomic E-state index is 11.1. The first kappa shape index (κ1) is 13.5. The van der Waals surface area contributed by atoms with E-state index in [-0.39, 0.29) is 5.56 Å². The number of rotatable bonds is 4. The molecule has 5 heteroatoms. The van der Waals surface area contributed by atoms with Crippen molar-refractivity contribution in [1.29, 1.82) is 0 Å². The summed E-state index contributed by atoms with van der Waals surface area (Å²) in [4.78, 5) is 19.3. The van der Waals surface area contributed by atoms with Crippen LogP contribution in [0.15, 0.2) is 35.5 Å². The summed E-state index contributed by atoms with van der Waals surface area (Å²) in [5.74, 6) is 0.285. The summed E-state index contributed by atoms with van der Waals surface area (Å²) in [5.41, 5.74) is 2.53. The highest BCUT2D eigenvalue weighted by atomic mass is 32.2. The van der Waals surface area contributed by atoms with Gasteiger partial charge in [-0.25, -0.2) is 14.8 Å². The number of thioether (sulfide) groups is 1. The average Bonchev–Trinajstić information content (AvgIpc) is 2.37. The summed E-state index contributed by atoms with van der Waals surface area (Å²) in [6, 6.07) is 8.04. The number of carboxylic acid groups (broad SMARTS) is 1. The fraction of sp³-hybridized carbons (Fsp3) is 0.214. The zero-order valence-electron chi connectivity index (χ0n) is 10.8. The van der Waals surface area contributed by atoms with Crippen LogP contribution in [0.5, 0.6) is 0 Å². The molecule has 0 saturated carbocycles. The SMILES string of the molecule is Cc1ncc(C(=O)O)c(SCc2ccccc2C)n1. The molecule has 1 heterocycles. The highest BCUT2D eigenvalue weighted by Crippen LogP contribution is 2.25. The van der Waals surface area contributed by atoms with Crippen molar-refractivity contribution in [2.24, 2.45) is 0 Å². The highest BCUT2D eigenvalue weighted by molar-refractivity contribution is 7.98. The van der Waals surface area contributed by atoms with Crippen LogP contribution in [0.4, 0.5) is 0 Å². The molecule has 2 rings (SSSR count). The minimum Gasteiger partial charge on any atom is -0.478 e. The Morgan fingerprint density at radius 2 is 2.05 bits per heavy atom. The lowest BCUT2D eigenvalue weighted by atomic mass is 10.1. The monoisotopic (exact) mass is 274 g/mol. The van der Waals surface area contributed by atoms with Gasteiger partial charge in [0.1, 0.15) is 16.4 Å². The second kappa shape index (κ2) is 5.84. The van der Waals surface area contributed by atoms with Crippen molar-refractivity contribution in [2.45, 2.75) is 24.6 Å². The largest absolute Gasteiger partial charge is 0.478 e. The van der Waals surface area contributed by atoms with Gasteiger partial charge in [0, 0.05) is 11.9 Å². The van der Waals surface area contributed by atoms with Crippen LogP contribution in [0.25, 0.3) is 0 Å². The van der Waals surface area contributed by atoms with Crippen LogP contribution in [0, 0.1) is 13.8 Å². The molecule has 98 valence electrons. The first-order valence-corrected chi connectivity index (χ1v) is 6.80. The number of hydrogen-bond acceptors (Lipinski definition) is 4. The minimum atomic E-state index is -0.993. The van der Waals surface area contributed by atoms with Crippen molar-refractivity contribution in [2.75, 3.05) is 0 Å². The van der Waals surface area contributed by atoms with E-state index >= 15 is 0 Å². The van der Waals surface area contributed by atoms with Crippen molar-refractivity contribution in [1.82, 2.24) is 9.97 Å². The molecule has 0 radical (unpaired) electrons. The van der Waals surface area contributed by atoms with Crippen molar-refractivity contribution in [3.63, 3.8) is 0 Å². The fourth-order valence-corrected chi connectivity index (χ4v) is 2.73. The lowest BCUT2D eigenvalue weighted by Crippen LogP contribution is -2.04. The molecule has 0 bridgehead atoms. The first-order chi connectivity index (χ1) is 9.08. The minimum absolute atomic E-state index is 0.157. The Hall–Kier alpha value is -1.88. The molecule has 1 aromatic heterocycles. The molecular weight excluding hydrogens is 260 g/mol. The van der Waals surface area contributed by atoms with Gasteiger partial charge in [0.25, 0.3) is 0 Å². The number of hydrogen-bond donors (Lipinski definition) is 1. The van der Waals surface area contributed by atoms with Crippen LogP contribution in [0.3, 0.4) is 0 Å². The Kier molecular flexibility index (Phi) is 4.16. The van der Waals surface area contributed by atoms with Gasteiger partial charge < -0.3 is 5.11 Å². The van der Waals surface area contributed by atoms with E-state index in [2.05, 4.69) is 9.97 Å². The predicted octanol–water partition coefficient (Wildman–Crippen LogP) is 3.08. The van der Waals surface area contributed by atoms with Gasteiger partial charge in [-0.15, -0.1) is 11.8 Å². The zero-order valence-corrected chi connectivity index (χ0v) is 11.6. The summed E-state index contributed by atoms with van der Waals surface area (Å²) in [6.45, 7) is 3.79. The first-order valence-electron chi connectivity index (χ1n) is 5.82. The topological polar surface area (TPSA) is 63.1 Å². The van der Waals surface area contributed by atoms with Crippen LogP contribution in [0.1, 0.15) is 27.3 Å². The predicted molar refractivity (Wildman–Crippen MR) is 74.5 cm³/mol. The maximum absolute atomic E-state index is 11.1. The Morgan fingerprint density at radius 1 is 1.32 bits per heavy atom. The van der Waals surface area contributed by atoms with E-state index in [0.717, 1.165) is 0 Å². The lowest BCUT2D eigenvalue weighted by Gasteiger charge is -2.07. The van der Waals surface area contributed by atoms with Crippen LogP contribution in [-0.4, -0.2) is 21.0 Å². The molecule has 0 fully saturated rings. The molecule has 4 nitrogen and oxygen atoms in total. The van der Waals surface area contributed by atoms with Crippen molar-refractivity contribution in [3.8, 4) is 0 Å². The molecule has 0 aliphatic rings. The van der Waals surface area contributed by atoms with Crippen LogP contribution in [-0.2, 0) is 5.75 Å². The smallest absolute Gasteiger partial charge is 0.340 e. The molecule has 19 heavy (non-hydrogen) atoms. The molecule has 2 aromatic rings.